The second-order valence-corrected chi connectivity index (χ2v) is 3.38. The summed E-state index contributed by atoms with van der Waals surface area (Å²) in [6.07, 6.45) is -2.65. The maximum absolute atomic E-state index is 12.7. The number of fused-ring (bicyclic) bond motifs is 1. The summed E-state index contributed by atoms with van der Waals surface area (Å²) in [5, 5.41) is 0. The summed E-state index contributed by atoms with van der Waals surface area (Å²) in [5.41, 5.74) is 5.05. The Morgan fingerprint density at radius 3 is 2.69 bits per heavy atom. The summed E-state index contributed by atoms with van der Waals surface area (Å²) in [5.74, 6) is 0.338. The van der Waals surface area contributed by atoms with Crippen LogP contribution in [0.2, 0.25) is 0 Å². The Bertz CT molecular complexity index is 501. The number of rotatable bonds is 2. The minimum absolute atomic E-state index is 0.269. The molecular weight excluding hydrogens is 219 g/mol. The molecule has 6 heteroatoms. The van der Waals surface area contributed by atoms with Gasteiger partial charge in [0.05, 0.1) is 11.7 Å². The van der Waals surface area contributed by atoms with Crippen LogP contribution in [0.25, 0.3) is 5.52 Å². The van der Waals surface area contributed by atoms with E-state index < -0.39 is 11.9 Å². The van der Waals surface area contributed by atoms with Gasteiger partial charge in [-0.1, -0.05) is 6.07 Å². The third-order valence-corrected chi connectivity index (χ3v) is 2.28. The molecule has 0 amide bonds. The van der Waals surface area contributed by atoms with Crippen LogP contribution in [0, 0.1) is 0 Å². The minimum atomic E-state index is -4.39. The highest BCUT2D eigenvalue weighted by Crippen LogP contribution is 2.30. The summed E-state index contributed by atoms with van der Waals surface area (Å²) in [4.78, 5) is 3.94. The van der Waals surface area contributed by atoms with Gasteiger partial charge in [-0.25, -0.2) is 4.98 Å². The molecule has 0 unspecified atom stereocenters. The molecule has 2 aromatic rings. The van der Waals surface area contributed by atoms with Gasteiger partial charge in [-0.15, -0.1) is 0 Å². The molecule has 0 atom stereocenters. The topological polar surface area (TPSA) is 43.3 Å². The second kappa shape index (κ2) is 3.79. The summed E-state index contributed by atoms with van der Waals surface area (Å²) in [7, 11) is 0. The van der Waals surface area contributed by atoms with Gasteiger partial charge in [0.15, 0.2) is 0 Å². The average Bonchev–Trinajstić information content (AvgIpc) is 2.61. The van der Waals surface area contributed by atoms with E-state index in [4.69, 9.17) is 5.73 Å². The highest BCUT2D eigenvalue weighted by Gasteiger charge is 2.33. The van der Waals surface area contributed by atoms with Crippen molar-refractivity contribution in [3.63, 3.8) is 0 Å². The number of imidazole rings is 1. The van der Waals surface area contributed by atoms with Crippen molar-refractivity contribution < 1.29 is 13.2 Å². The van der Waals surface area contributed by atoms with Gasteiger partial charge in [0, 0.05) is 6.42 Å². The summed E-state index contributed by atoms with van der Waals surface area (Å²) in [6.45, 7) is 0.269. The molecule has 0 aliphatic rings. The average molecular weight is 229 g/mol. The van der Waals surface area contributed by atoms with Crippen LogP contribution < -0.4 is 5.73 Å². The lowest BCUT2D eigenvalue weighted by Gasteiger charge is -2.11. The van der Waals surface area contributed by atoms with E-state index in [1.165, 1.54) is 12.3 Å². The molecule has 86 valence electrons. The van der Waals surface area contributed by atoms with Gasteiger partial charge in [0.2, 0.25) is 0 Å². The van der Waals surface area contributed by atoms with Gasteiger partial charge in [0.1, 0.15) is 11.5 Å². The lowest BCUT2D eigenvalue weighted by Crippen LogP contribution is -2.14. The monoisotopic (exact) mass is 229 g/mol. The Morgan fingerprint density at radius 1 is 1.31 bits per heavy atom. The van der Waals surface area contributed by atoms with E-state index in [0.29, 0.717) is 17.8 Å². The lowest BCUT2D eigenvalue weighted by atomic mass is 10.3. The zero-order valence-electron chi connectivity index (χ0n) is 8.33. The molecule has 2 N–H and O–H groups in total. The molecule has 16 heavy (non-hydrogen) atoms. The molecule has 0 spiro atoms. The van der Waals surface area contributed by atoms with Crippen molar-refractivity contribution >= 4 is 5.52 Å². The van der Waals surface area contributed by atoms with Crippen molar-refractivity contribution in [2.75, 3.05) is 6.54 Å². The number of halogens is 3. The molecule has 2 aromatic heterocycles. The number of hydrogen-bond acceptors (Lipinski definition) is 2. The number of alkyl halides is 3. The molecule has 2 heterocycles. The molecule has 2 rings (SSSR count). The molecule has 0 aliphatic heterocycles. The SMILES string of the molecule is NCCc1ncc2cccc(C(F)(F)F)n12. The van der Waals surface area contributed by atoms with E-state index in [0.717, 1.165) is 10.5 Å². The molecule has 0 aromatic carbocycles. The fourth-order valence-corrected chi connectivity index (χ4v) is 1.64. The van der Waals surface area contributed by atoms with Crippen LogP contribution >= 0.6 is 0 Å². The van der Waals surface area contributed by atoms with Gasteiger partial charge >= 0.3 is 6.18 Å². The van der Waals surface area contributed by atoms with Gasteiger partial charge in [-0.05, 0) is 18.7 Å². The van der Waals surface area contributed by atoms with Gasteiger partial charge < -0.3 is 5.73 Å². The fraction of sp³-hybridized carbons (Fsp3) is 0.300. The maximum atomic E-state index is 12.7. The third-order valence-electron chi connectivity index (χ3n) is 2.28. The van der Waals surface area contributed by atoms with E-state index in [1.54, 1.807) is 6.07 Å². The fourth-order valence-electron chi connectivity index (χ4n) is 1.64. The Hall–Kier alpha value is -1.56. The Kier molecular flexibility index (Phi) is 2.59. The molecule has 0 radical (unpaired) electrons. The van der Waals surface area contributed by atoms with Crippen molar-refractivity contribution in [3.05, 3.63) is 35.9 Å². The van der Waals surface area contributed by atoms with Gasteiger partial charge in [-0.2, -0.15) is 13.2 Å². The Balaban J connectivity index is 2.68. The zero-order chi connectivity index (χ0) is 11.8. The van der Waals surface area contributed by atoms with Crippen LogP contribution in [0.1, 0.15) is 11.5 Å². The number of pyridine rings is 1. The number of nitrogens with two attached hydrogens (primary N) is 1. The summed E-state index contributed by atoms with van der Waals surface area (Å²) >= 11 is 0. The van der Waals surface area contributed by atoms with Crippen molar-refractivity contribution in [2.24, 2.45) is 5.73 Å². The van der Waals surface area contributed by atoms with E-state index in [1.807, 2.05) is 0 Å². The first kappa shape index (κ1) is 10.9. The first-order valence-electron chi connectivity index (χ1n) is 4.76. The zero-order valence-corrected chi connectivity index (χ0v) is 8.33. The quantitative estimate of drug-likeness (QED) is 0.854. The van der Waals surface area contributed by atoms with Crippen molar-refractivity contribution in [3.8, 4) is 0 Å². The summed E-state index contributed by atoms with van der Waals surface area (Å²) < 4.78 is 39.3. The van der Waals surface area contributed by atoms with Gasteiger partial charge in [0.25, 0.3) is 0 Å². The van der Waals surface area contributed by atoms with Gasteiger partial charge in [-0.3, -0.25) is 4.40 Å². The molecule has 0 aliphatic carbocycles. The highest BCUT2D eigenvalue weighted by atomic mass is 19.4. The number of nitrogens with zero attached hydrogens (tertiary/aromatic N) is 2. The second-order valence-electron chi connectivity index (χ2n) is 3.38. The standard InChI is InChI=1S/C10H10F3N3/c11-10(12,13)8-3-1-2-7-6-15-9(4-5-14)16(7)8/h1-3,6H,4-5,14H2. The minimum Gasteiger partial charge on any atom is -0.330 e. The normalized spacial score (nSPS) is 12.2. The van der Waals surface area contributed by atoms with E-state index in [-0.39, 0.29) is 6.54 Å². The molecule has 3 nitrogen and oxygen atoms in total. The van der Waals surface area contributed by atoms with Crippen LogP contribution in [-0.4, -0.2) is 15.9 Å². The first-order valence-corrected chi connectivity index (χ1v) is 4.76. The molecule has 0 bridgehead atoms. The smallest absolute Gasteiger partial charge is 0.330 e. The Morgan fingerprint density at radius 2 is 2.06 bits per heavy atom. The van der Waals surface area contributed by atoms with Crippen molar-refractivity contribution in [2.45, 2.75) is 12.6 Å². The Labute approximate surface area is 89.7 Å². The predicted molar refractivity (Wildman–Crippen MR) is 53.0 cm³/mol. The van der Waals surface area contributed by atoms with Crippen LogP contribution in [0.5, 0.6) is 0 Å². The van der Waals surface area contributed by atoms with Crippen LogP contribution in [0.15, 0.2) is 24.4 Å². The van der Waals surface area contributed by atoms with E-state index in [2.05, 4.69) is 4.98 Å². The molecule has 0 fully saturated rings. The summed E-state index contributed by atoms with van der Waals surface area (Å²) in [6, 6.07) is 3.99. The third kappa shape index (κ3) is 1.76. The van der Waals surface area contributed by atoms with Crippen molar-refractivity contribution in [1.82, 2.24) is 9.38 Å². The van der Waals surface area contributed by atoms with Crippen LogP contribution in [0.4, 0.5) is 13.2 Å². The largest absolute Gasteiger partial charge is 0.431 e. The van der Waals surface area contributed by atoms with Crippen molar-refractivity contribution in [1.29, 1.82) is 0 Å². The molecule has 0 saturated carbocycles. The molecule has 0 saturated heterocycles. The number of hydrogen-bond donors (Lipinski definition) is 1. The van der Waals surface area contributed by atoms with E-state index >= 15 is 0 Å². The van der Waals surface area contributed by atoms with E-state index in [9.17, 15) is 13.2 Å². The highest BCUT2D eigenvalue weighted by molar-refractivity contribution is 5.48. The predicted octanol–water partition coefficient (Wildman–Crippen LogP) is 1.85. The van der Waals surface area contributed by atoms with Crippen LogP contribution in [0.3, 0.4) is 0 Å². The lowest BCUT2D eigenvalue weighted by molar-refractivity contribution is -0.142. The molecular formula is C10H10F3N3. The van der Waals surface area contributed by atoms with Crippen LogP contribution in [-0.2, 0) is 12.6 Å². The first-order chi connectivity index (χ1) is 7.54. The number of aromatic nitrogens is 2. The maximum Gasteiger partial charge on any atom is 0.431 e.